The average Bonchev–Trinajstić information content (AvgIpc) is 2.88. The summed E-state index contributed by atoms with van der Waals surface area (Å²) < 4.78 is 6.36. The van der Waals surface area contributed by atoms with Crippen LogP contribution in [0.25, 0.3) is 5.69 Å². The van der Waals surface area contributed by atoms with Crippen LogP contribution in [0.4, 0.5) is 0 Å². The smallest absolute Gasteiger partial charge is 0.356 e. The predicted molar refractivity (Wildman–Crippen MR) is 89.5 cm³/mol. The molecule has 8 nitrogen and oxygen atoms in total. The number of carbonyl (C=O) groups is 2. The first-order valence-electron chi connectivity index (χ1n) is 7.36. The van der Waals surface area contributed by atoms with Gasteiger partial charge >= 0.3 is 11.9 Å². The first-order chi connectivity index (χ1) is 12.4. The van der Waals surface area contributed by atoms with Gasteiger partial charge in [0.25, 0.3) is 0 Å². The van der Waals surface area contributed by atoms with E-state index in [0.29, 0.717) is 11.5 Å². The van der Waals surface area contributed by atoms with Gasteiger partial charge in [0.2, 0.25) is 0 Å². The van der Waals surface area contributed by atoms with Crippen LogP contribution in [0.15, 0.2) is 54.6 Å². The molecule has 0 spiro atoms. The number of aromatic carboxylic acids is 2. The summed E-state index contributed by atoms with van der Waals surface area (Å²) in [5, 5.41) is 38.1. The first kappa shape index (κ1) is 16.9. The quantitative estimate of drug-likeness (QED) is 0.553. The number of aromatic hydroxyl groups is 2. The molecule has 0 unspecified atom stereocenters. The number of hydrogen-bond donors (Lipinski definition) is 4. The van der Waals surface area contributed by atoms with Crippen LogP contribution in [0.5, 0.6) is 23.0 Å². The number of aromatic nitrogens is 1. The summed E-state index contributed by atoms with van der Waals surface area (Å²) in [5.41, 5.74) is -1.39. The summed E-state index contributed by atoms with van der Waals surface area (Å²) in [5.74, 6) is -4.17. The lowest BCUT2D eigenvalue weighted by Gasteiger charge is -2.10. The van der Waals surface area contributed by atoms with Crippen LogP contribution in [-0.4, -0.2) is 36.9 Å². The SMILES string of the molecule is O=C(O)c1c(O)c(O)c(C(=O)O)n1-c1ccc(Oc2ccccc2)cc1. The van der Waals surface area contributed by atoms with Gasteiger partial charge in [0.1, 0.15) is 11.5 Å². The minimum atomic E-state index is -1.59. The second-order valence-electron chi connectivity index (χ2n) is 5.25. The number of carboxylic acids is 2. The highest BCUT2D eigenvalue weighted by atomic mass is 16.5. The van der Waals surface area contributed by atoms with Crippen molar-refractivity contribution in [2.45, 2.75) is 0 Å². The number of rotatable bonds is 5. The Kier molecular flexibility index (Phi) is 4.24. The highest BCUT2D eigenvalue weighted by molar-refractivity contribution is 5.99. The summed E-state index contributed by atoms with van der Waals surface area (Å²) in [6.45, 7) is 0. The van der Waals surface area contributed by atoms with Crippen molar-refractivity contribution < 1.29 is 34.8 Å². The van der Waals surface area contributed by atoms with E-state index in [2.05, 4.69) is 0 Å². The molecule has 26 heavy (non-hydrogen) atoms. The van der Waals surface area contributed by atoms with E-state index in [-0.39, 0.29) is 5.69 Å². The summed E-state index contributed by atoms with van der Waals surface area (Å²) in [4.78, 5) is 22.8. The number of para-hydroxylation sites is 1. The Balaban J connectivity index is 2.05. The molecule has 132 valence electrons. The number of ether oxygens (including phenoxy) is 1. The van der Waals surface area contributed by atoms with Crippen LogP contribution in [-0.2, 0) is 0 Å². The molecule has 2 aromatic carbocycles. The normalized spacial score (nSPS) is 10.5. The van der Waals surface area contributed by atoms with Crippen LogP contribution < -0.4 is 4.74 Å². The summed E-state index contributed by atoms with van der Waals surface area (Å²) in [7, 11) is 0. The van der Waals surface area contributed by atoms with E-state index in [0.717, 1.165) is 4.57 Å². The highest BCUT2D eigenvalue weighted by Crippen LogP contribution is 2.38. The van der Waals surface area contributed by atoms with Crippen molar-refractivity contribution in [3.63, 3.8) is 0 Å². The van der Waals surface area contributed by atoms with Gasteiger partial charge in [-0.15, -0.1) is 0 Å². The minimum Gasteiger partial charge on any atom is -0.503 e. The van der Waals surface area contributed by atoms with Crippen LogP contribution >= 0.6 is 0 Å². The van der Waals surface area contributed by atoms with Crippen LogP contribution in [0.3, 0.4) is 0 Å². The number of hydrogen-bond acceptors (Lipinski definition) is 5. The van der Waals surface area contributed by atoms with Crippen molar-refractivity contribution in [2.24, 2.45) is 0 Å². The van der Waals surface area contributed by atoms with Gasteiger partial charge in [-0.05, 0) is 36.4 Å². The molecule has 0 radical (unpaired) electrons. The van der Waals surface area contributed by atoms with Crippen LogP contribution in [0, 0.1) is 0 Å². The van der Waals surface area contributed by atoms with Gasteiger partial charge < -0.3 is 25.2 Å². The van der Waals surface area contributed by atoms with E-state index in [9.17, 15) is 30.0 Å². The van der Waals surface area contributed by atoms with E-state index in [4.69, 9.17) is 4.74 Å². The van der Waals surface area contributed by atoms with Gasteiger partial charge in [-0.1, -0.05) is 18.2 Å². The third kappa shape index (κ3) is 2.91. The Morgan fingerprint density at radius 2 is 1.19 bits per heavy atom. The molecule has 0 fully saturated rings. The molecule has 0 atom stereocenters. The molecule has 4 N–H and O–H groups in total. The van der Waals surface area contributed by atoms with Gasteiger partial charge in [-0.3, -0.25) is 4.57 Å². The third-order valence-electron chi connectivity index (χ3n) is 3.60. The maximum absolute atomic E-state index is 11.4. The average molecular weight is 355 g/mol. The monoisotopic (exact) mass is 355 g/mol. The van der Waals surface area contributed by atoms with Gasteiger partial charge in [-0.25, -0.2) is 9.59 Å². The van der Waals surface area contributed by atoms with Crippen molar-refractivity contribution in [1.82, 2.24) is 4.57 Å². The molecule has 0 aliphatic rings. The molecule has 0 aliphatic heterocycles. The fraction of sp³-hybridized carbons (Fsp3) is 0. The Morgan fingerprint density at radius 1 is 0.731 bits per heavy atom. The molecule has 3 rings (SSSR count). The van der Waals surface area contributed by atoms with Crippen molar-refractivity contribution in [1.29, 1.82) is 0 Å². The van der Waals surface area contributed by atoms with Crippen molar-refractivity contribution in [3.05, 3.63) is 66.0 Å². The molecule has 0 saturated carbocycles. The molecule has 8 heteroatoms. The predicted octanol–water partition coefficient (Wildman–Crippen LogP) is 3.08. The second-order valence-corrected chi connectivity index (χ2v) is 5.25. The van der Waals surface area contributed by atoms with E-state index < -0.39 is 34.8 Å². The van der Waals surface area contributed by atoms with Gasteiger partial charge in [-0.2, -0.15) is 0 Å². The Morgan fingerprint density at radius 3 is 1.65 bits per heavy atom. The van der Waals surface area contributed by atoms with Gasteiger partial charge in [0, 0.05) is 5.69 Å². The molecule has 0 aliphatic carbocycles. The molecule has 1 heterocycles. The summed E-state index contributed by atoms with van der Waals surface area (Å²) >= 11 is 0. The topological polar surface area (TPSA) is 129 Å². The highest BCUT2D eigenvalue weighted by Gasteiger charge is 2.31. The first-order valence-corrected chi connectivity index (χ1v) is 7.36. The van der Waals surface area contributed by atoms with Gasteiger partial charge in [0.05, 0.1) is 0 Å². The van der Waals surface area contributed by atoms with Crippen molar-refractivity contribution >= 4 is 11.9 Å². The number of benzene rings is 2. The molecule has 0 saturated heterocycles. The zero-order chi connectivity index (χ0) is 18.8. The fourth-order valence-electron chi connectivity index (χ4n) is 2.49. The maximum Gasteiger partial charge on any atom is 0.356 e. The van der Waals surface area contributed by atoms with Crippen LogP contribution in [0.2, 0.25) is 0 Å². The van der Waals surface area contributed by atoms with Crippen LogP contribution in [0.1, 0.15) is 21.0 Å². The Hall–Kier alpha value is -3.94. The third-order valence-corrected chi connectivity index (χ3v) is 3.60. The fourth-order valence-corrected chi connectivity index (χ4v) is 2.49. The Bertz CT molecular complexity index is 938. The molecular formula is C18H13NO7. The van der Waals surface area contributed by atoms with E-state index in [1.165, 1.54) is 24.3 Å². The zero-order valence-corrected chi connectivity index (χ0v) is 13.2. The van der Waals surface area contributed by atoms with Crippen molar-refractivity contribution in [3.8, 4) is 28.7 Å². The van der Waals surface area contributed by atoms with Crippen molar-refractivity contribution in [2.75, 3.05) is 0 Å². The summed E-state index contributed by atoms with van der Waals surface area (Å²) in [6, 6.07) is 14.8. The zero-order valence-electron chi connectivity index (χ0n) is 13.2. The lowest BCUT2D eigenvalue weighted by atomic mass is 10.2. The lowest BCUT2D eigenvalue weighted by molar-refractivity contribution is 0.0681. The van der Waals surface area contributed by atoms with E-state index >= 15 is 0 Å². The molecule has 1 aromatic heterocycles. The number of nitrogens with zero attached hydrogens (tertiary/aromatic N) is 1. The number of carboxylic acid groups (broad SMARTS) is 2. The molecular weight excluding hydrogens is 342 g/mol. The largest absolute Gasteiger partial charge is 0.503 e. The lowest BCUT2D eigenvalue weighted by Crippen LogP contribution is -2.12. The molecule has 0 amide bonds. The maximum atomic E-state index is 11.4. The van der Waals surface area contributed by atoms with E-state index in [1.54, 1.807) is 24.3 Å². The minimum absolute atomic E-state index is 0.121. The standard InChI is InChI=1S/C18H13NO7/c20-15-13(17(22)23)19(14(16(15)21)18(24)25)10-6-8-12(9-7-10)26-11-4-2-1-3-5-11/h1-9,20-21H,(H,22,23)(H,24,25). The molecule has 3 aromatic rings. The van der Waals surface area contributed by atoms with E-state index in [1.807, 2.05) is 6.07 Å². The van der Waals surface area contributed by atoms with Gasteiger partial charge in [0.15, 0.2) is 22.9 Å². The Labute approximate surface area is 146 Å². The second kappa shape index (κ2) is 6.52. The molecule has 0 bridgehead atoms. The summed E-state index contributed by atoms with van der Waals surface area (Å²) in [6.07, 6.45) is 0.